The average molecular weight is 445 g/mol. The van der Waals surface area contributed by atoms with E-state index in [9.17, 15) is 9.59 Å². The molecule has 0 spiro atoms. The molecule has 0 radical (unpaired) electrons. The number of esters is 1. The third-order valence-electron chi connectivity index (χ3n) is 4.34. The largest absolute Gasteiger partial charge is 0.464 e. The highest BCUT2D eigenvalue weighted by Gasteiger charge is 2.14. The summed E-state index contributed by atoms with van der Waals surface area (Å²) in [4.78, 5) is 29.3. The zero-order valence-corrected chi connectivity index (χ0v) is 17.5. The number of hydrogen-bond acceptors (Lipinski definition) is 7. The van der Waals surface area contributed by atoms with E-state index in [4.69, 9.17) is 11.6 Å². The molecule has 0 aliphatic rings. The van der Waals surface area contributed by atoms with Gasteiger partial charge in [0.1, 0.15) is 0 Å². The summed E-state index contributed by atoms with van der Waals surface area (Å²) in [6.07, 6.45) is 4.93. The van der Waals surface area contributed by atoms with Crippen LogP contribution in [-0.2, 0) is 23.7 Å². The van der Waals surface area contributed by atoms with Gasteiger partial charge in [-0.05, 0) is 18.2 Å². The first kappa shape index (κ1) is 20.2. The van der Waals surface area contributed by atoms with E-state index in [0.29, 0.717) is 40.0 Å². The number of para-hydroxylation sites is 1. The van der Waals surface area contributed by atoms with E-state index in [1.807, 2.05) is 18.2 Å². The van der Waals surface area contributed by atoms with Crippen molar-refractivity contribution in [3.8, 4) is 0 Å². The Labute approximate surface area is 180 Å². The van der Waals surface area contributed by atoms with Crippen molar-refractivity contribution >= 4 is 40.2 Å². The van der Waals surface area contributed by atoms with Crippen LogP contribution in [0, 0.1) is 0 Å². The van der Waals surface area contributed by atoms with E-state index in [0.717, 1.165) is 0 Å². The fourth-order valence-corrected chi connectivity index (χ4v) is 3.93. The predicted molar refractivity (Wildman–Crippen MR) is 113 cm³/mol. The van der Waals surface area contributed by atoms with E-state index in [1.54, 1.807) is 44.7 Å². The Bertz CT molecular complexity index is 1260. The van der Waals surface area contributed by atoms with E-state index in [-0.39, 0.29) is 11.3 Å². The number of hydrogen-bond donors (Lipinski definition) is 0. The number of aromatic nitrogens is 6. The summed E-state index contributed by atoms with van der Waals surface area (Å²) in [5.41, 5.74) is 0.716. The van der Waals surface area contributed by atoms with E-state index < -0.39 is 5.97 Å². The highest BCUT2D eigenvalue weighted by atomic mass is 35.5. The second kappa shape index (κ2) is 8.72. The number of fused-ring (bicyclic) bond motifs is 1. The minimum atomic E-state index is -0.502. The van der Waals surface area contributed by atoms with Crippen LogP contribution in [-0.4, -0.2) is 42.2 Å². The lowest BCUT2D eigenvalue weighted by molar-refractivity contribution is 0.0593. The van der Waals surface area contributed by atoms with E-state index in [2.05, 4.69) is 19.9 Å². The van der Waals surface area contributed by atoms with Crippen LogP contribution in [0.1, 0.15) is 10.5 Å². The Balaban J connectivity index is 1.62. The van der Waals surface area contributed by atoms with Crippen LogP contribution in [0.4, 0.5) is 0 Å². The zero-order chi connectivity index (χ0) is 21.1. The lowest BCUT2D eigenvalue weighted by atomic mass is 10.2. The van der Waals surface area contributed by atoms with Crippen molar-refractivity contribution in [3.63, 3.8) is 0 Å². The standard InChI is InChI=1S/C19H17ClN6O3S/c1-29-18(28)16-6-7-25(23-16)12-30-19-22-15-5-3-2-4-14(15)17(27)26(19)9-8-24-11-13(20)10-21-24/h2-7,10-11H,8-9,12H2,1H3. The summed E-state index contributed by atoms with van der Waals surface area (Å²) in [5.74, 6) is -0.132. The molecule has 0 N–H and O–H groups in total. The minimum absolute atomic E-state index is 0.128. The number of aryl methyl sites for hydroxylation is 1. The maximum absolute atomic E-state index is 13.1. The van der Waals surface area contributed by atoms with Crippen molar-refractivity contribution in [2.75, 3.05) is 7.11 Å². The number of rotatable bonds is 7. The van der Waals surface area contributed by atoms with Crippen LogP contribution in [0.5, 0.6) is 0 Å². The number of ether oxygens (including phenoxy) is 1. The molecule has 9 nitrogen and oxygen atoms in total. The van der Waals surface area contributed by atoms with Gasteiger partial charge in [0, 0.05) is 18.9 Å². The maximum atomic E-state index is 13.1. The molecule has 0 fully saturated rings. The third-order valence-corrected chi connectivity index (χ3v) is 5.50. The second-order valence-corrected chi connectivity index (χ2v) is 7.64. The van der Waals surface area contributed by atoms with Gasteiger partial charge in [0.15, 0.2) is 10.9 Å². The van der Waals surface area contributed by atoms with Crippen LogP contribution < -0.4 is 5.56 Å². The summed E-state index contributed by atoms with van der Waals surface area (Å²) in [5, 5.41) is 9.97. The molecule has 154 valence electrons. The van der Waals surface area contributed by atoms with Gasteiger partial charge in [0.2, 0.25) is 0 Å². The molecule has 0 aliphatic heterocycles. The highest BCUT2D eigenvalue weighted by molar-refractivity contribution is 7.98. The van der Waals surface area contributed by atoms with Crippen LogP contribution in [0.3, 0.4) is 0 Å². The van der Waals surface area contributed by atoms with E-state index >= 15 is 0 Å². The number of benzene rings is 1. The quantitative estimate of drug-likeness (QED) is 0.245. The molecule has 0 atom stereocenters. The van der Waals surface area contributed by atoms with Gasteiger partial charge in [-0.15, -0.1) is 0 Å². The second-order valence-electron chi connectivity index (χ2n) is 6.30. The summed E-state index contributed by atoms with van der Waals surface area (Å²) in [6, 6.07) is 8.80. The molecule has 1 aromatic carbocycles. The molecule has 0 bridgehead atoms. The number of thioether (sulfide) groups is 1. The molecule has 30 heavy (non-hydrogen) atoms. The van der Waals surface area contributed by atoms with Crippen LogP contribution in [0.15, 0.2) is 58.9 Å². The molecule has 4 aromatic rings. The van der Waals surface area contributed by atoms with Gasteiger partial charge in [-0.1, -0.05) is 35.5 Å². The molecular weight excluding hydrogens is 428 g/mol. The van der Waals surface area contributed by atoms with Crippen molar-refractivity contribution in [1.82, 2.24) is 29.1 Å². The predicted octanol–water partition coefficient (Wildman–Crippen LogP) is 2.68. The summed E-state index contributed by atoms with van der Waals surface area (Å²) >= 11 is 7.27. The molecule has 11 heteroatoms. The normalized spacial score (nSPS) is 11.1. The minimum Gasteiger partial charge on any atom is -0.464 e. The molecule has 0 saturated heterocycles. The molecular formula is C19H17ClN6O3S. The number of nitrogens with zero attached hydrogens (tertiary/aromatic N) is 6. The average Bonchev–Trinajstić information content (AvgIpc) is 3.40. The number of carbonyl (C=O) groups excluding carboxylic acids is 1. The Hall–Kier alpha value is -3.11. The fraction of sp³-hybridized carbons (Fsp3) is 0.211. The topological polar surface area (TPSA) is 96.8 Å². The van der Waals surface area contributed by atoms with Crippen LogP contribution >= 0.6 is 23.4 Å². The fourth-order valence-electron chi connectivity index (χ4n) is 2.89. The lowest BCUT2D eigenvalue weighted by Crippen LogP contribution is -2.25. The van der Waals surface area contributed by atoms with Gasteiger partial charge < -0.3 is 4.74 Å². The Morgan fingerprint density at radius 3 is 2.80 bits per heavy atom. The van der Waals surface area contributed by atoms with Crippen molar-refractivity contribution in [1.29, 1.82) is 0 Å². The molecule has 0 saturated carbocycles. The van der Waals surface area contributed by atoms with Crippen molar-refractivity contribution in [2.45, 2.75) is 24.1 Å². The molecule has 4 rings (SSSR count). The van der Waals surface area contributed by atoms with Crippen molar-refractivity contribution in [3.05, 3.63) is 70.0 Å². The smallest absolute Gasteiger partial charge is 0.358 e. The number of methoxy groups -OCH3 is 1. The molecule has 0 amide bonds. The number of carbonyl (C=O) groups is 1. The first-order valence-corrected chi connectivity index (χ1v) is 10.3. The summed E-state index contributed by atoms with van der Waals surface area (Å²) in [7, 11) is 1.31. The van der Waals surface area contributed by atoms with Crippen LogP contribution in [0.25, 0.3) is 10.9 Å². The first-order chi connectivity index (χ1) is 14.5. The van der Waals surface area contributed by atoms with Gasteiger partial charge in [-0.3, -0.25) is 18.7 Å². The van der Waals surface area contributed by atoms with Crippen molar-refractivity contribution in [2.24, 2.45) is 0 Å². The van der Waals surface area contributed by atoms with Gasteiger partial charge >= 0.3 is 5.97 Å². The number of halogens is 1. The zero-order valence-electron chi connectivity index (χ0n) is 15.9. The summed E-state index contributed by atoms with van der Waals surface area (Å²) in [6.45, 7) is 0.845. The molecule has 3 aromatic heterocycles. The monoisotopic (exact) mass is 444 g/mol. The Morgan fingerprint density at radius 1 is 1.20 bits per heavy atom. The van der Waals surface area contributed by atoms with Gasteiger partial charge in [-0.25, -0.2) is 9.78 Å². The third kappa shape index (κ3) is 4.24. The Kier molecular flexibility index (Phi) is 5.86. The molecule has 3 heterocycles. The van der Waals surface area contributed by atoms with Gasteiger partial charge in [-0.2, -0.15) is 10.2 Å². The summed E-state index contributed by atoms with van der Waals surface area (Å²) < 4.78 is 9.56. The van der Waals surface area contributed by atoms with Gasteiger partial charge in [0.05, 0.1) is 41.7 Å². The lowest BCUT2D eigenvalue weighted by Gasteiger charge is -2.13. The first-order valence-electron chi connectivity index (χ1n) is 8.97. The van der Waals surface area contributed by atoms with Crippen LogP contribution in [0.2, 0.25) is 5.02 Å². The van der Waals surface area contributed by atoms with Gasteiger partial charge in [0.25, 0.3) is 5.56 Å². The highest BCUT2D eigenvalue weighted by Crippen LogP contribution is 2.20. The molecule has 0 aliphatic carbocycles. The Morgan fingerprint density at radius 2 is 2.03 bits per heavy atom. The van der Waals surface area contributed by atoms with E-state index in [1.165, 1.54) is 18.9 Å². The molecule has 0 unspecified atom stereocenters. The maximum Gasteiger partial charge on any atom is 0.358 e. The van der Waals surface area contributed by atoms with Crippen molar-refractivity contribution < 1.29 is 9.53 Å². The SMILES string of the molecule is COC(=O)c1ccn(CSc2nc3ccccc3c(=O)n2CCn2cc(Cl)cn2)n1.